The van der Waals surface area contributed by atoms with Gasteiger partial charge in [-0.05, 0) is 18.6 Å². The van der Waals surface area contributed by atoms with Crippen LogP contribution in [0.1, 0.15) is 5.56 Å². The number of hydrogen-bond donors (Lipinski definition) is 3. The smallest absolute Gasteiger partial charge is 0.509 e. The molecule has 0 aromatic heterocycles. The monoisotopic (exact) mass is 228 g/mol. The lowest BCUT2D eigenvalue weighted by Gasteiger charge is -2.16. The molecule has 16 heavy (non-hydrogen) atoms. The summed E-state index contributed by atoms with van der Waals surface area (Å²) in [5.74, 6) is 0.167. The maximum absolute atomic E-state index is 9.68. The molecule has 0 aliphatic carbocycles. The van der Waals surface area contributed by atoms with E-state index in [4.69, 9.17) is 24.2 Å². The zero-order valence-corrected chi connectivity index (χ0v) is 9.22. The first kappa shape index (κ1) is 12.5. The third-order valence-electron chi connectivity index (χ3n) is 2.01. The van der Waals surface area contributed by atoms with Crippen LogP contribution < -0.4 is 14.1 Å². The van der Waals surface area contributed by atoms with Gasteiger partial charge in [0, 0.05) is 0 Å². The van der Waals surface area contributed by atoms with Crippen molar-refractivity contribution in [3.8, 4) is 23.0 Å². The summed E-state index contributed by atoms with van der Waals surface area (Å²) in [6.45, 7) is 1.62. The number of hydrogen-bond acceptors (Lipinski definition) is 6. The van der Waals surface area contributed by atoms with E-state index in [2.05, 4.69) is 0 Å². The molecule has 0 atom stereocenters. The van der Waals surface area contributed by atoms with E-state index in [-0.39, 0.29) is 23.0 Å². The van der Waals surface area contributed by atoms with Gasteiger partial charge >= 0.3 is 7.32 Å². The number of methoxy groups -OCH3 is 2. The quantitative estimate of drug-likeness (QED) is 0.631. The number of phenols is 1. The summed E-state index contributed by atoms with van der Waals surface area (Å²) in [6, 6.07) is 1.41. The van der Waals surface area contributed by atoms with Gasteiger partial charge < -0.3 is 29.3 Å². The van der Waals surface area contributed by atoms with Crippen LogP contribution in [0, 0.1) is 6.92 Å². The van der Waals surface area contributed by atoms with Crippen LogP contribution in [0.15, 0.2) is 6.07 Å². The fourth-order valence-electron chi connectivity index (χ4n) is 1.31. The lowest BCUT2D eigenvalue weighted by Crippen LogP contribution is -2.21. The van der Waals surface area contributed by atoms with Gasteiger partial charge in [0.05, 0.1) is 14.2 Å². The normalized spacial score (nSPS) is 9.81. The molecule has 3 N–H and O–H groups in total. The van der Waals surface area contributed by atoms with E-state index in [1.54, 1.807) is 6.92 Å². The summed E-state index contributed by atoms with van der Waals surface area (Å²) in [7, 11) is 0.738. The molecule has 0 heterocycles. The number of aromatic hydroxyl groups is 1. The van der Waals surface area contributed by atoms with Gasteiger partial charge in [-0.1, -0.05) is 0 Å². The van der Waals surface area contributed by atoms with Crippen LogP contribution in [0.3, 0.4) is 0 Å². The third-order valence-corrected chi connectivity index (χ3v) is 2.01. The lowest BCUT2D eigenvalue weighted by atomic mass is 10.1. The van der Waals surface area contributed by atoms with E-state index in [1.807, 2.05) is 0 Å². The Morgan fingerprint density at radius 3 is 2.12 bits per heavy atom. The second-order valence-corrected chi connectivity index (χ2v) is 3.05. The van der Waals surface area contributed by atoms with Crippen molar-refractivity contribution in [2.45, 2.75) is 6.92 Å². The van der Waals surface area contributed by atoms with Crippen molar-refractivity contribution in [2.75, 3.05) is 14.2 Å². The number of aryl methyl sites for hydroxylation is 1. The Hall–Kier alpha value is -1.60. The Balaban J connectivity index is 3.31. The van der Waals surface area contributed by atoms with Crippen molar-refractivity contribution in [3.63, 3.8) is 0 Å². The van der Waals surface area contributed by atoms with Gasteiger partial charge in [-0.15, -0.1) is 0 Å². The summed E-state index contributed by atoms with van der Waals surface area (Å²) in [4.78, 5) is 0. The minimum Gasteiger partial charge on any atom is -0.509 e. The third kappa shape index (κ3) is 2.31. The van der Waals surface area contributed by atoms with Crippen molar-refractivity contribution in [1.82, 2.24) is 0 Å². The zero-order valence-electron chi connectivity index (χ0n) is 9.22. The molecular formula is C9H13BO6. The van der Waals surface area contributed by atoms with E-state index in [9.17, 15) is 5.11 Å². The summed E-state index contributed by atoms with van der Waals surface area (Å²) < 4.78 is 14.6. The van der Waals surface area contributed by atoms with Crippen LogP contribution in [0.25, 0.3) is 0 Å². The highest BCUT2D eigenvalue weighted by molar-refractivity contribution is 6.33. The van der Waals surface area contributed by atoms with Crippen LogP contribution in [-0.4, -0.2) is 36.7 Å². The molecule has 0 saturated heterocycles. The highest BCUT2D eigenvalue weighted by Crippen LogP contribution is 2.45. The molecule has 0 bridgehead atoms. The van der Waals surface area contributed by atoms with Gasteiger partial charge in [-0.25, -0.2) is 0 Å². The van der Waals surface area contributed by atoms with E-state index in [0.29, 0.717) is 5.56 Å². The molecule has 0 aliphatic rings. The molecule has 0 fully saturated rings. The lowest BCUT2D eigenvalue weighted by molar-refractivity contribution is 0.272. The number of rotatable bonds is 4. The molecule has 1 rings (SSSR count). The van der Waals surface area contributed by atoms with Crippen LogP contribution in [-0.2, 0) is 0 Å². The summed E-state index contributed by atoms with van der Waals surface area (Å²) in [6.07, 6.45) is 0. The number of phenolic OH excluding ortho intramolecular Hbond substituents is 1. The fraction of sp³-hybridized carbons (Fsp3) is 0.333. The summed E-state index contributed by atoms with van der Waals surface area (Å²) in [5.41, 5.74) is 0.466. The highest BCUT2D eigenvalue weighted by atomic mass is 16.6. The standard InChI is InChI=1S/C9H13BO6/c1-5-4-6(16-10(12)13)8(14-2)9(15-3)7(5)11/h4,11-13H,1-3H3. The predicted molar refractivity (Wildman–Crippen MR) is 56.8 cm³/mol. The molecule has 0 saturated carbocycles. The van der Waals surface area contributed by atoms with Gasteiger partial charge in [0.15, 0.2) is 5.75 Å². The van der Waals surface area contributed by atoms with Gasteiger partial charge in [0.1, 0.15) is 5.75 Å². The molecule has 0 radical (unpaired) electrons. The fourth-order valence-corrected chi connectivity index (χ4v) is 1.31. The molecule has 1 aromatic rings. The van der Waals surface area contributed by atoms with E-state index in [0.717, 1.165) is 0 Å². The second kappa shape index (κ2) is 4.95. The second-order valence-electron chi connectivity index (χ2n) is 3.05. The average molecular weight is 228 g/mol. The van der Waals surface area contributed by atoms with Gasteiger partial charge in [0.25, 0.3) is 0 Å². The molecule has 88 valence electrons. The molecule has 0 aliphatic heterocycles. The minimum atomic E-state index is -1.97. The van der Waals surface area contributed by atoms with Crippen LogP contribution in [0.4, 0.5) is 0 Å². The Kier molecular flexibility index (Phi) is 3.86. The van der Waals surface area contributed by atoms with Crippen LogP contribution >= 0.6 is 0 Å². The van der Waals surface area contributed by atoms with E-state index in [1.165, 1.54) is 20.3 Å². The summed E-state index contributed by atoms with van der Waals surface area (Å²) in [5, 5.41) is 27.1. The minimum absolute atomic E-state index is 0.0738. The Bertz CT molecular complexity index is 379. The van der Waals surface area contributed by atoms with E-state index >= 15 is 0 Å². The van der Waals surface area contributed by atoms with Crippen molar-refractivity contribution < 1.29 is 29.3 Å². The highest BCUT2D eigenvalue weighted by Gasteiger charge is 2.22. The zero-order chi connectivity index (χ0) is 12.3. The first-order chi connectivity index (χ1) is 7.51. The van der Waals surface area contributed by atoms with Crippen LogP contribution in [0.5, 0.6) is 23.0 Å². The van der Waals surface area contributed by atoms with Gasteiger partial charge in [0.2, 0.25) is 11.5 Å². The number of ether oxygens (including phenoxy) is 2. The van der Waals surface area contributed by atoms with Crippen molar-refractivity contribution >= 4 is 7.32 Å². The van der Waals surface area contributed by atoms with Crippen molar-refractivity contribution in [3.05, 3.63) is 11.6 Å². The maximum Gasteiger partial charge on any atom is 0.707 e. The Labute approximate surface area is 93.2 Å². The molecule has 6 nitrogen and oxygen atoms in total. The first-order valence-corrected chi connectivity index (χ1v) is 4.48. The molecular weight excluding hydrogens is 215 g/mol. The van der Waals surface area contributed by atoms with Crippen molar-refractivity contribution in [1.29, 1.82) is 0 Å². The van der Waals surface area contributed by atoms with E-state index < -0.39 is 7.32 Å². The Morgan fingerprint density at radius 2 is 1.69 bits per heavy atom. The SMILES string of the molecule is COc1c(OB(O)O)cc(C)c(O)c1OC. The maximum atomic E-state index is 9.68. The molecule has 0 unspecified atom stereocenters. The molecule has 0 spiro atoms. The Morgan fingerprint density at radius 1 is 1.12 bits per heavy atom. The molecule has 1 aromatic carbocycles. The predicted octanol–water partition coefficient (Wildman–Crippen LogP) is 0.0661. The largest absolute Gasteiger partial charge is 0.707 e. The van der Waals surface area contributed by atoms with Crippen LogP contribution in [0.2, 0.25) is 0 Å². The first-order valence-electron chi connectivity index (χ1n) is 4.48. The summed E-state index contributed by atoms with van der Waals surface area (Å²) >= 11 is 0. The van der Waals surface area contributed by atoms with Gasteiger partial charge in [-0.3, -0.25) is 0 Å². The number of benzene rings is 1. The average Bonchev–Trinajstić information content (AvgIpc) is 2.21. The van der Waals surface area contributed by atoms with Crippen molar-refractivity contribution in [2.24, 2.45) is 0 Å². The molecule has 7 heteroatoms. The topological polar surface area (TPSA) is 88.4 Å². The van der Waals surface area contributed by atoms with Gasteiger partial charge in [-0.2, -0.15) is 0 Å². The molecule has 0 amide bonds.